The maximum absolute atomic E-state index is 12.2. The number of benzene rings is 3. The Hall–Kier alpha value is -3.01. The zero-order chi connectivity index (χ0) is 18.4. The van der Waals surface area contributed by atoms with Gasteiger partial charge in [-0.3, -0.25) is 4.79 Å². The maximum atomic E-state index is 12.2. The van der Waals surface area contributed by atoms with Crippen molar-refractivity contribution in [2.75, 3.05) is 13.2 Å². The van der Waals surface area contributed by atoms with Crippen LogP contribution in [-0.4, -0.2) is 25.2 Å². The van der Waals surface area contributed by atoms with E-state index < -0.39 is 6.10 Å². The molecule has 1 N–H and O–H groups in total. The number of ether oxygens (including phenoxy) is 2. The largest absolute Gasteiger partial charge is 0.491 e. The molecule has 3 rings (SSSR count). The highest BCUT2D eigenvalue weighted by molar-refractivity contribution is 5.88. The normalized spacial score (nSPS) is 11.8. The van der Waals surface area contributed by atoms with E-state index in [2.05, 4.69) is 17.4 Å². The fourth-order valence-electron chi connectivity index (χ4n) is 2.73. The second-order valence-corrected chi connectivity index (χ2v) is 6.14. The molecule has 26 heavy (non-hydrogen) atoms. The summed E-state index contributed by atoms with van der Waals surface area (Å²) in [5.41, 5.74) is 1.01. The molecule has 1 amide bonds. The Morgan fingerprint density at radius 2 is 1.65 bits per heavy atom. The molecule has 0 bridgehead atoms. The quantitative estimate of drug-likeness (QED) is 0.653. The van der Waals surface area contributed by atoms with Crippen LogP contribution in [0.25, 0.3) is 10.8 Å². The Balaban J connectivity index is 1.48. The summed E-state index contributed by atoms with van der Waals surface area (Å²) in [6.07, 6.45) is -0.561. The van der Waals surface area contributed by atoms with Crippen molar-refractivity contribution in [2.24, 2.45) is 0 Å². The van der Waals surface area contributed by atoms with E-state index in [1.54, 1.807) is 6.92 Å². The standard InChI is InChI=1S/C22H23NO3/c1-16-8-3-6-12-20(16)26-17(2)22(24)23-14-15-25-21-13-7-10-18-9-4-5-11-19(18)21/h3-13,17H,14-15H2,1-2H3,(H,23,24)/t17-/m0/s1. The van der Waals surface area contributed by atoms with Gasteiger partial charge in [0.05, 0.1) is 6.54 Å². The van der Waals surface area contributed by atoms with Crippen LogP contribution in [0.3, 0.4) is 0 Å². The molecule has 0 aliphatic carbocycles. The van der Waals surface area contributed by atoms with Crippen LogP contribution in [0.1, 0.15) is 12.5 Å². The molecule has 4 heteroatoms. The SMILES string of the molecule is Cc1ccccc1O[C@@H](C)C(=O)NCCOc1cccc2ccccc12. The lowest BCUT2D eigenvalue weighted by atomic mass is 10.1. The van der Waals surface area contributed by atoms with Crippen molar-refractivity contribution in [3.05, 3.63) is 72.3 Å². The van der Waals surface area contributed by atoms with Crippen molar-refractivity contribution in [3.63, 3.8) is 0 Å². The Morgan fingerprint density at radius 3 is 2.50 bits per heavy atom. The van der Waals surface area contributed by atoms with Gasteiger partial charge >= 0.3 is 0 Å². The van der Waals surface area contributed by atoms with Crippen LogP contribution in [0.4, 0.5) is 0 Å². The second-order valence-electron chi connectivity index (χ2n) is 6.14. The van der Waals surface area contributed by atoms with Gasteiger partial charge in [-0.2, -0.15) is 0 Å². The molecule has 0 spiro atoms. The average Bonchev–Trinajstić information content (AvgIpc) is 2.67. The molecule has 0 aliphatic heterocycles. The van der Waals surface area contributed by atoms with E-state index in [4.69, 9.17) is 9.47 Å². The number of rotatable bonds is 7. The first kappa shape index (κ1) is 17.8. The Labute approximate surface area is 153 Å². The Kier molecular flexibility index (Phi) is 5.74. The van der Waals surface area contributed by atoms with Crippen LogP contribution in [0.15, 0.2) is 66.7 Å². The predicted octanol–water partition coefficient (Wildman–Crippen LogP) is 4.11. The van der Waals surface area contributed by atoms with Gasteiger partial charge in [0.2, 0.25) is 0 Å². The lowest BCUT2D eigenvalue weighted by Gasteiger charge is -2.16. The first-order valence-corrected chi connectivity index (χ1v) is 8.76. The molecule has 0 saturated carbocycles. The predicted molar refractivity (Wildman–Crippen MR) is 104 cm³/mol. The number of aryl methyl sites for hydroxylation is 1. The summed E-state index contributed by atoms with van der Waals surface area (Å²) in [6.45, 7) is 4.52. The number of amides is 1. The molecule has 3 aromatic rings. The molecule has 0 saturated heterocycles. The lowest BCUT2D eigenvalue weighted by Crippen LogP contribution is -2.38. The van der Waals surface area contributed by atoms with Crippen LogP contribution >= 0.6 is 0 Å². The summed E-state index contributed by atoms with van der Waals surface area (Å²) >= 11 is 0. The summed E-state index contributed by atoms with van der Waals surface area (Å²) in [4.78, 5) is 12.2. The van der Waals surface area contributed by atoms with Gasteiger partial charge < -0.3 is 14.8 Å². The molecule has 3 aromatic carbocycles. The molecule has 0 fully saturated rings. The number of hydrogen-bond donors (Lipinski definition) is 1. The van der Waals surface area contributed by atoms with Gasteiger partial charge in [0.25, 0.3) is 5.91 Å². The van der Waals surface area contributed by atoms with E-state index >= 15 is 0 Å². The number of nitrogens with one attached hydrogen (secondary N) is 1. The third-order valence-corrected chi connectivity index (χ3v) is 4.18. The third-order valence-electron chi connectivity index (χ3n) is 4.18. The van der Waals surface area contributed by atoms with Gasteiger partial charge in [0, 0.05) is 5.39 Å². The molecular weight excluding hydrogens is 326 g/mol. The molecule has 134 valence electrons. The molecule has 0 heterocycles. The number of carbonyl (C=O) groups is 1. The van der Waals surface area contributed by atoms with E-state index in [9.17, 15) is 4.79 Å². The summed E-state index contributed by atoms with van der Waals surface area (Å²) in [7, 11) is 0. The van der Waals surface area contributed by atoms with Gasteiger partial charge in [-0.1, -0.05) is 54.6 Å². The van der Waals surface area contributed by atoms with Crippen LogP contribution in [-0.2, 0) is 4.79 Å². The van der Waals surface area contributed by atoms with Crippen molar-refractivity contribution in [2.45, 2.75) is 20.0 Å². The first-order valence-electron chi connectivity index (χ1n) is 8.76. The Bertz CT molecular complexity index is 886. The van der Waals surface area contributed by atoms with E-state index in [-0.39, 0.29) is 5.91 Å². The molecular formula is C22H23NO3. The van der Waals surface area contributed by atoms with Crippen molar-refractivity contribution >= 4 is 16.7 Å². The van der Waals surface area contributed by atoms with Crippen LogP contribution in [0, 0.1) is 6.92 Å². The molecule has 0 aromatic heterocycles. The van der Waals surface area contributed by atoms with Crippen molar-refractivity contribution in [3.8, 4) is 11.5 Å². The van der Waals surface area contributed by atoms with Crippen LogP contribution in [0.5, 0.6) is 11.5 Å². The van der Waals surface area contributed by atoms with Crippen molar-refractivity contribution < 1.29 is 14.3 Å². The molecule has 0 radical (unpaired) electrons. The Morgan fingerprint density at radius 1 is 0.962 bits per heavy atom. The summed E-state index contributed by atoms with van der Waals surface area (Å²) in [5, 5.41) is 5.05. The highest BCUT2D eigenvalue weighted by Crippen LogP contribution is 2.24. The van der Waals surface area contributed by atoms with Gasteiger partial charge in [0.1, 0.15) is 18.1 Å². The minimum absolute atomic E-state index is 0.158. The highest BCUT2D eigenvalue weighted by Gasteiger charge is 2.15. The zero-order valence-electron chi connectivity index (χ0n) is 15.1. The highest BCUT2D eigenvalue weighted by atomic mass is 16.5. The fourth-order valence-corrected chi connectivity index (χ4v) is 2.73. The molecule has 0 unspecified atom stereocenters. The molecule has 1 atom stereocenters. The monoisotopic (exact) mass is 349 g/mol. The van der Waals surface area contributed by atoms with Crippen molar-refractivity contribution in [1.82, 2.24) is 5.32 Å². The summed E-state index contributed by atoms with van der Waals surface area (Å²) < 4.78 is 11.6. The average molecular weight is 349 g/mol. The topological polar surface area (TPSA) is 47.6 Å². The van der Waals surface area contributed by atoms with Gasteiger partial charge in [-0.15, -0.1) is 0 Å². The number of fused-ring (bicyclic) bond motifs is 1. The number of para-hydroxylation sites is 1. The smallest absolute Gasteiger partial charge is 0.260 e. The number of carbonyl (C=O) groups excluding carboxylic acids is 1. The maximum Gasteiger partial charge on any atom is 0.260 e. The number of hydrogen-bond acceptors (Lipinski definition) is 3. The van der Waals surface area contributed by atoms with Gasteiger partial charge in [0.15, 0.2) is 6.10 Å². The van der Waals surface area contributed by atoms with Crippen LogP contribution in [0.2, 0.25) is 0 Å². The third kappa shape index (κ3) is 4.33. The minimum atomic E-state index is -0.561. The van der Waals surface area contributed by atoms with Crippen molar-refractivity contribution in [1.29, 1.82) is 0 Å². The summed E-state index contributed by atoms with van der Waals surface area (Å²) in [6, 6.07) is 21.7. The van der Waals surface area contributed by atoms with E-state index in [0.29, 0.717) is 13.2 Å². The van der Waals surface area contributed by atoms with Gasteiger partial charge in [-0.05, 0) is 36.9 Å². The van der Waals surface area contributed by atoms with Gasteiger partial charge in [-0.25, -0.2) is 0 Å². The second kappa shape index (κ2) is 8.39. The van der Waals surface area contributed by atoms with Crippen LogP contribution < -0.4 is 14.8 Å². The van der Waals surface area contributed by atoms with E-state index in [1.165, 1.54) is 0 Å². The van der Waals surface area contributed by atoms with E-state index in [0.717, 1.165) is 27.8 Å². The zero-order valence-corrected chi connectivity index (χ0v) is 15.1. The summed E-state index contributed by atoms with van der Waals surface area (Å²) in [5.74, 6) is 1.39. The molecule has 4 nitrogen and oxygen atoms in total. The van der Waals surface area contributed by atoms with E-state index in [1.807, 2.05) is 61.5 Å². The fraction of sp³-hybridized carbons (Fsp3) is 0.227. The lowest BCUT2D eigenvalue weighted by molar-refractivity contribution is -0.127. The molecule has 0 aliphatic rings. The first-order chi connectivity index (χ1) is 12.6. The minimum Gasteiger partial charge on any atom is -0.491 e.